The van der Waals surface area contributed by atoms with E-state index in [1.165, 1.54) is 12.1 Å². The Kier molecular flexibility index (Phi) is 4.97. The van der Waals surface area contributed by atoms with Crippen LogP contribution in [0.25, 0.3) is 0 Å². The highest BCUT2D eigenvalue weighted by Crippen LogP contribution is 2.39. The summed E-state index contributed by atoms with van der Waals surface area (Å²) < 4.78 is 27.3. The molecule has 2 N–H and O–H groups in total. The van der Waals surface area contributed by atoms with Crippen molar-refractivity contribution in [3.05, 3.63) is 16.5 Å². The molecule has 1 fully saturated rings. The molecule has 0 saturated heterocycles. The van der Waals surface area contributed by atoms with E-state index in [1.54, 1.807) is 0 Å². The average Bonchev–Trinajstić information content (AvgIpc) is 2.86. The van der Waals surface area contributed by atoms with Crippen molar-refractivity contribution in [2.24, 2.45) is 11.3 Å². The number of nitrogens with one attached hydrogen (secondary N) is 1. The maximum atomic E-state index is 12.2. The normalized spacial score (nSPS) is 26.7. The lowest BCUT2D eigenvalue weighted by Crippen LogP contribution is -2.45. The summed E-state index contributed by atoms with van der Waals surface area (Å²) in [6.45, 7) is 2.01. The Bertz CT molecular complexity index is 618. The summed E-state index contributed by atoms with van der Waals surface area (Å²) in [6, 6.07) is 2.93. The molecule has 0 spiro atoms. The molecule has 1 saturated carbocycles. The zero-order valence-corrected chi connectivity index (χ0v) is 14.0. The first-order chi connectivity index (χ1) is 9.75. The molecule has 118 valence electrons. The van der Waals surface area contributed by atoms with E-state index in [-0.39, 0.29) is 10.8 Å². The van der Waals surface area contributed by atoms with Gasteiger partial charge in [0.15, 0.2) is 0 Å². The van der Waals surface area contributed by atoms with Crippen molar-refractivity contribution >= 4 is 38.9 Å². The van der Waals surface area contributed by atoms with E-state index in [1.807, 2.05) is 0 Å². The van der Waals surface area contributed by atoms with Crippen molar-refractivity contribution < 1.29 is 18.3 Å². The molecule has 0 aliphatic heterocycles. The second kappa shape index (κ2) is 6.24. The third kappa shape index (κ3) is 3.77. The number of rotatable bonds is 5. The number of hydrogen-bond acceptors (Lipinski definition) is 4. The fraction of sp³-hybridized carbons (Fsp3) is 0.615. The first-order valence-electron chi connectivity index (χ1n) is 6.74. The lowest BCUT2D eigenvalue weighted by atomic mass is 9.71. The second-order valence-corrected chi connectivity index (χ2v) is 9.36. The van der Waals surface area contributed by atoms with E-state index in [0.29, 0.717) is 23.1 Å². The largest absolute Gasteiger partial charge is 0.481 e. The quantitative estimate of drug-likeness (QED) is 0.854. The van der Waals surface area contributed by atoms with Gasteiger partial charge in [0.25, 0.3) is 0 Å². The molecule has 0 unspecified atom stereocenters. The third-order valence-corrected chi connectivity index (χ3v) is 7.22. The third-order valence-electron chi connectivity index (χ3n) is 4.10. The van der Waals surface area contributed by atoms with Crippen molar-refractivity contribution in [1.82, 2.24) is 4.72 Å². The van der Waals surface area contributed by atoms with Crippen LogP contribution in [0.3, 0.4) is 0 Å². The van der Waals surface area contributed by atoms with Gasteiger partial charge in [0, 0.05) is 6.54 Å². The molecule has 2 rings (SSSR count). The van der Waals surface area contributed by atoms with Crippen LogP contribution in [0.2, 0.25) is 4.34 Å². The maximum absolute atomic E-state index is 12.2. The van der Waals surface area contributed by atoms with Gasteiger partial charge in [0.2, 0.25) is 10.0 Å². The molecule has 0 radical (unpaired) electrons. The Morgan fingerprint density at radius 3 is 2.57 bits per heavy atom. The number of thiophene rings is 1. The molecule has 1 aromatic heterocycles. The number of sulfonamides is 1. The van der Waals surface area contributed by atoms with Gasteiger partial charge in [0.05, 0.1) is 9.75 Å². The van der Waals surface area contributed by atoms with Crippen molar-refractivity contribution in [1.29, 1.82) is 0 Å². The van der Waals surface area contributed by atoms with Gasteiger partial charge in [-0.2, -0.15) is 0 Å². The van der Waals surface area contributed by atoms with Gasteiger partial charge in [-0.15, -0.1) is 11.3 Å². The standard InChI is InChI=1S/C13H18ClNO4S2/c1-9-4-6-13(7-5-9,12(16)17)8-15-21(18,19)11-3-2-10(14)20-11/h2-3,9,15H,4-8H2,1H3,(H,16,17). The van der Waals surface area contributed by atoms with Crippen molar-refractivity contribution in [3.63, 3.8) is 0 Å². The van der Waals surface area contributed by atoms with Gasteiger partial charge in [0.1, 0.15) is 4.21 Å². The van der Waals surface area contributed by atoms with Crippen molar-refractivity contribution in [2.75, 3.05) is 6.54 Å². The summed E-state index contributed by atoms with van der Waals surface area (Å²) in [7, 11) is -3.70. The van der Waals surface area contributed by atoms with Gasteiger partial charge in [-0.05, 0) is 43.7 Å². The van der Waals surface area contributed by atoms with E-state index < -0.39 is 21.4 Å². The minimum Gasteiger partial charge on any atom is -0.481 e. The Morgan fingerprint density at radius 2 is 2.10 bits per heavy atom. The zero-order chi connectivity index (χ0) is 15.7. The Balaban J connectivity index is 2.11. The highest BCUT2D eigenvalue weighted by molar-refractivity contribution is 7.91. The minimum absolute atomic E-state index is 0.0765. The molecule has 1 aliphatic rings. The summed E-state index contributed by atoms with van der Waals surface area (Å²) in [6.07, 6.45) is 2.60. The number of halogens is 1. The lowest BCUT2D eigenvalue weighted by molar-refractivity contribution is -0.151. The van der Waals surface area contributed by atoms with Gasteiger partial charge in [-0.25, -0.2) is 13.1 Å². The van der Waals surface area contributed by atoms with Gasteiger partial charge >= 0.3 is 5.97 Å². The first kappa shape index (κ1) is 16.7. The summed E-state index contributed by atoms with van der Waals surface area (Å²) in [5, 5.41) is 9.49. The van der Waals surface area contributed by atoms with Crippen LogP contribution in [0.15, 0.2) is 16.3 Å². The van der Waals surface area contributed by atoms with Gasteiger partial charge in [-0.3, -0.25) is 4.79 Å². The Labute approximate surface area is 133 Å². The Morgan fingerprint density at radius 1 is 1.48 bits per heavy atom. The van der Waals surface area contributed by atoms with Crippen LogP contribution in [-0.2, 0) is 14.8 Å². The number of hydrogen-bond donors (Lipinski definition) is 2. The number of aliphatic carboxylic acids is 1. The Hall–Kier alpha value is -0.630. The monoisotopic (exact) mass is 351 g/mol. The highest BCUT2D eigenvalue weighted by Gasteiger charge is 2.42. The fourth-order valence-corrected chi connectivity index (χ4v) is 5.18. The number of carboxylic acid groups (broad SMARTS) is 1. The summed E-state index contributed by atoms with van der Waals surface area (Å²) in [4.78, 5) is 11.6. The van der Waals surface area contributed by atoms with Crippen LogP contribution in [0.1, 0.15) is 32.6 Å². The van der Waals surface area contributed by atoms with Crippen LogP contribution in [0, 0.1) is 11.3 Å². The SMILES string of the molecule is CC1CCC(CNS(=O)(=O)c2ccc(Cl)s2)(C(=O)O)CC1. The van der Waals surface area contributed by atoms with Crippen LogP contribution in [0.4, 0.5) is 0 Å². The molecule has 1 aromatic rings. The molecule has 21 heavy (non-hydrogen) atoms. The zero-order valence-electron chi connectivity index (χ0n) is 11.6. The predicted molar refractivity (Wildman–Crippen MR) is 82.2 cm³/mol. The van der Waals surface area contributed by atoms with E-state index in [0.717, 1.165) is 24.2 Å². The fourth-order valence-electron chi connectivity index (χ4n) is 2.53. The molecule has 1 heterocycles. The highest BCUT2D eigenvalue weighted by atomic mass is 35.5. The summed E-state index contributed by atoms with van der Waals surface area (Å²) in [5.41, 5.74) is -0.999. The van der Waals surface area contributed by atoms with Gasteiger partial charge < -0.3 is 5.11 Å². The first-order valence-corrected chi connectivity index (χ1v) is 9.41. The van der Waals surface area contributed by atoms with E-state index in [4.69, 9.17) is 11.6 Å². The molecule has 0 aromatic carbocycles. The topological polar surface area (TPSA) is 83.5 Å². The molecule has 8 heteroatoms. The number of carboxylic acids is 1. The maximum Gasteiger partial charge on any atom is 0.310 e. The van der Waals surface area contributed by atoms with Crippen LogP contribution < -0.4 is 4.72 Å². The molecule has 0 bridgehead atoms. The van der Waals surface area contributed by atoms with Crippen LogP contribution in [0.5, 0.6) is 0 Å². The molecule has 5 nitrogen and oxygen atoms in total. The minimum atomic E-state index is -3.70. The smallest absolute Gasteiger partial charge is 0.310 e. The van der Waals surface area contributed by atoms with Crippen LogP contribution in [-0.4, -0.2) is 26.0 Å². The molecular weight excluding hydrogens is 334 g/mol. The summed E-state index contributed by atoms with van der Waals surface area (Å²) in [5.74, 6) is -0.438. The molecular formula is C13H18ClNO4S2. The predicted octanol–water partition coefficient (Wildman–Crippen LogP) is 2.96. The van der Waals surface area contributed by atoms with Gasteiger partial charge in [-0.1, -0.05) is 18.5 Å². The number of carbonyl (C=O) groups is 1. The van der Waals surface area contributed by atoms with Crippen molar-refractivity contribution in [2.45, 2.75) is 36.8 Å². The average molecular weight is 352 g/mol. The van der Waals surface area contributed by atoms with E-state index in [9.17, 15) is 18.3 Å². The lowest BCUT2D eigenvalue weighted by Gasteiger charge is -2.35. The second-order valence-electron chi connectivity index (χ2n) is 5.65. The van der Waals surface area contributed by atoms with E-state index in [2.05, 4.69) is 11.6 Å². The van der Waals surface area contributed by atoms with E-state index >= 15 is 0 Å². The molecule has 0 amide bonds. The molecule has 0 atom stereocenters. The van der Waals surface area contributed by atoms with Crippen molar-refractivity contribution in [3.8, 4) is 0 Å². The van der Waals surface area contributed by atoms with Crippen LogP contribution >= 0.6 is 22.9 Å². The summed E-state index contributed by atoms with van der Waals surface area (Å²) >= 11 is 6.70. The molecule has 1 aliphatic carbocycles.